The molecule has 0 aliphatic rings. The van der Waals surface area contributed by atoms with Crippen molar-refractivity contribution in [3.8, 4) is 0 Å². The molecule has 0 spiro atoms. The van der Waals surface area contributed by atoms with E-state index in [2.05, 4.69) is 11.4 Å². The van der Waals surface area contributed by atoms with Gasteiger partial charge in [0.1, 0.15) is 5.41 Å². The van der Waals surface area contributed by atoms with Crippen molar-refractivity contribution in [1.82, 2.24) is 5.32 Å². The molecule has 104 valence electrons. The maximum Gasteiger partial charge on any atom is 0.318 e. The molecule has 0 bridgehead atoms. The van der Waals surface area contributed by atoms with Crippen LogP contribution in [-0.4, -0.2) is 23.5 Å². The Morgan fingerprint density at radius 1 is 1.26 bits per heavy atom. The summed E-state index contributed by atoms with van der Waals surface area (Å²) < 4.78 is 0. The fourth-order valence-electron chi connectivity index (χ4n) is 1.76. The SMILES string of the molecule is Cc1ccc(CCNC(=O)C(C)(C)C(=O)O)c(C)c1. The van der Waals surface area contributed by atoms with E-state index in [9.17, 15) is 9.59 Å². The summed E-state index contributed by atoms with van der Waals surface area (Å²) in [4.78, 5) is 22.7. The lowest BCUT2D eigenvalue weighted by atomic mass is 9.92. The predicted octanol–water partition coefficient (Wildman–Crippen LogP) is 2.07. The second kappa shape index (κ2) is 5.87. The topological polar surface area (TPSA) is 66.4 Å². The van der Waals surface area contributed by atoms with Crippen molar-refractivity contribution in [3.05, 3.63) is 34.9 Å². The Morgan fingerprint density at radius 2 is 1.89 bits per heavy atom. The first-order valence-corrected chi connectivity index (χ1v) is 6.33. The van der Waals surface area contributed by atoms with Gasteiger partial charge in [0.25, 0.3) is 0 Å². The normalized spacial score (nSPS) is 11.2. The first-order valence-electron chi connectivity index (χ1n) is 6.33. The Bertz CT molecular complexity index is 492. The third-order valence-electron chi connectivity index (χ3n) is 3.28. The van der Waals surface area contributed by atoms with Crippen LogP contribution in [0.2, 0.25) is 0 Å². The molecule has 19 heavy (non-hydrogen) atoms. The van der Waals surface area contributed by atoms with Gasteiger partial charge in [0.15, 0.2) is 0 Å². The minimum atomic E-state index is -1.39. The number of carboxylic acid groups (broad SMARTS) is 1. The zero-order valence-corrected chi connectivity index (χ0v) is 11.9. The first-order chi connectivity index (χ1) is 8.75. The Balaban J connectivity index is 2.55. The van der Waals surface area contributed by atoms with Gasteiger partial charge in [0.2, 0.25) is 5.91 Å². The Labute approximate surface area is 113 Å². The van der Waals surface area contributed by atoms with Crippen LogP contribution in [0.5, 0.6) is 0 Å². The fourth-order valence-corrected chi connectivity index (χ4v) is 1.76. The molecule has 4 nitrogen and oxygen atoms in total. The lowest BCUT2D eigenvalue weighted by Gasteiger charge is -2.18. The number of carbonyl (C=O) groups excluding carboxylic acids is 1. The third-order valence-corrected chi connectivity index (χ3v) is 3.28. The summed E-state index contributed by atoms with van der Waals surface area (Å²) >= 11 is 0. The predicted molar refractivity (Wildman–Crippen MR) is 74.0 cm³/mol. The van der Waals surface area contributed by atoms with Gasteiger partial charge in [-0.15, -0.1) is 0 Å². The highest BCUT2D eigenvalue weighted by Crippen LogP contribution is 2.15. The minimum absolute atomic E-state index is 0.444. The molecule has 0 aliphatic carbocycles. The van der Waals surface area contributed by atoms with E-state index in [1.807, 2.05) is 26.0 Å². The van der Waals surface area contributed by atoms with Crippen LogP contribution in [0.3, 0.4) is 0 Å². The first kappa shape index (κ1) is 15.2. The molecular formula is C15H21NO3. The number of hydrogen-bond acceptors (Lipinski definition) is 2. The van der Waals surface area contributed by atoms with Crippen molar-refractivity contribution in [2.75, 3.05) is 6.54 Å². The average Bonchev–Trinajstić information content (AvgIpc) is 2.31. The molecule has 1 aromatic carbocycles. The van der Waals surface area contributed by atoms with Crippen LogP contribution in [0.25, 0.3) is 0 Å². The zero-order valence-electron chi connectivity index (χ0n) is 11.9. The van der Waals surface area contributed by atoms with Crippen LogP contribution in [0, 0.1) is 19.3 Å². The Morgan fingerprint density at radius 3 is 2.42 bits per heavy atom. The molecular weight excluding hydrogens is 242 g/mol. The highest BCUT2D eigenvalue weighted by molar-refractivity contribution is 6.00. The molecule has 4 heteroatoms. The number of aliphatic carboxylic acids is 1. The van der Waals surface area contributed by atoms with E-state index < -0.39 is 17.3 Å². The number of carboxylic acids is 1. The molecule has 0 saturated heterocycles. The molecule has 0 saturated carbocycles. The number of nitrogens with one attached hydrogen (secondary N) is 1. The summed E-state index contributed by atoms with van der Waals surface area (Å²) in [5.74, 6) is -1.57. The number of carbonyl (C=O) groups is 2. The Kier molecular flexibility index (Phi) is 4.70. The van der Waals surface area contributed by atoms with E-state index in [1.54, 1.807) is 0 Å². The van der Waals surface area contributed by atoms with Gasteiger partial charge in [-0.05, 0) is 45.2 Å². The number of benzene rings is 1. The van der Waals surface area contributed by atoms with Crippen molar-refractivity contribution >= 4 is 11.9 Å². The summed E-state index contributed by atoms with van der Waals surface area (Å²) in [6, 6.07) is 6.17. The lowest BCUT2D eigenvalue weighted by Crippen LogP contribution is -2.43. The van der Waals surface area contributed by atoms with Crippen LogP contribution in [0.15, 0.2) is 18.2 Å². The van der Waals surface area contributed by atoms with E-state index in [1.165, 1.54) is 30.5 Å². The number of hydrogen-bond donors (Lipinski definition) is 2. The standard InChI is InChI=1S/C15H21NO3/c1-10-5-6-12(11(2)9-10)7-8-16-13(17)15(3,4)14(18)19/h5-6,9H,7-8H2,1-4H3,(H,16,17)(H,18,19). The Hall–Kier alpha value is -1.84. The summed E-state index contributed by atoms with van der Waals surface area (Å²) in [5.41, 5.74) is 2.17. The molecule has 0 unspecified atom stereocenters. The molecule has 0 fully saturated rings. The van der Waals surface area contributed by atoms with Crippen LogP contribution >= 0.6 is 0 Å². The second-order valence-corrected chi connectivity index (χ2v) is 5.37. The number of aryl methyl sites for hydroxylation is 2. The molecule has 0 atom stereocenters. The largest absolute Gasteiger partial charge is 0.480 e. The van der Waals surface area contributed by atoms with Gasteiger partial charge < -0.3 is 10.4 Å². The molecule has 1 amide bonds. The molecule has 0 heterocycles. The molecule has 0 aromatic heterocycles. The quantitative estimate of drug-likeness (QED) is 0.799. The van der Waals surface area contributed by atoms with Crippen LogP contribution in [0.4, 0.5) is 0 Å². The fraction of sp³-hybridized carbons (Fsp3) is 0.467. The van der Waals surface area contributed by atoms with Crippen LogP contribution in [-0.2, 0) is 16.0 Å². The molecule has 1 rings (SSSR count). The monoisotopic (exact) mass is 263 g/mol. The van der Waals surface area contributed by atoms with Crippen LogP contribution < -0.4 is 5.32 Å². The van der Waals surface area contributed by atoms with Gasteiger partial charge >= 0.3 is 5.97 Å². The second-order valence-electron chi connectivity index (χ2n) is 5.37. The molecule has 0 radical (unpaired) electrons. The summed E-state index contributed by atoms with van der Waals surface area (Å²) in [6.45, 7) is 7.32. The van der Waals surface area contributed by atoms with Gasteiger partial charge in [-0.1, -0.05) is 23.8 Å². The molecule has 0 aliphatic heterocycles. The maximum atomic E-state index is 11.7. The van der Waals surface area contributed by atoms with Gasteiger partial charge in [-0.3, -0.25) is 9.59 Å². The third kappa shape index (κ3) is 3.81. The van der Waals surface area contributed by atoms with Crippen molar-refractivity contribution in [1.29, 1.82) is 0 Å². The van der Waals surface area contributed by atoms with E-state index in [0.29, 0.717) is 13.0 Å². The molecule has 1 aromatic rings. The zero-order chi connectivity index (χ0) is 14.6. The van der Waals surface area contributed by atoms with Gasteiger partial charge in [0.05, 0.1) is 0 Å². The summed E-state index contributed by atoms with van der Waals surface area (Å²) in [5, 5.41) is 11.6. The van der Waals surface area contributed by atoms with Crippen molar-refractivity contribution in [2.24, 2.45) is 5.41 Å². The number of amides is 1. The van der Waals surface area contributed by atoms with Crippen molar-refractivity contribution in [2.45, 2.75) is 34.1 Å². The van der Waals surface area contributed by atoms with E-state index in [0.717, 1.165) is 0 Å². The van der Waals surface area contributed by atoms with Gasteiger partial charge in [-0.2, -0.15) is 0 Å². The van der Waals surface area contributed by atoms with Crippen molar-refractivity contribution < 1.29 is 14.7 Å². The highest BCUT2D eigenvalue weighted by Gasteiger charge is 2.35. The molecule has 2 N–H and O–H groups in total. The summed E-state index contributed by atoms with van der Waals surface area (Å²) in [7, 11) is 0. The summed E-state index contributed by atoms with van der Waals surface area (Å²) in [6.07, 6.45) is 0.702. The average molecular weight is 263 g/mol. The van der Waals surface area contributed by atoms with Crippen molar-refractivity contribution in [3.63, 3.8) is 0 Å². The van der Waals surface area contributed by atoms with Crippen LogP contribution in [0.1, 0.15) is 30.5 Å². The smallest absolute Gasteiger partial charge is 0.318 e. The van der Waals surface area contributed by atoms with Gasteiger partial charge in [-0.25, -0.2) is 0 Å². The van der Waals surface area contributed by atoms with Gasteiger partial charge in [0, 0.05) is 6.54 Å². The highest BCUT2D eigenvalue weighted by atomic mass is 16.4. The number of rotatable bonds is 5. The van der Waals surface area contributed by atoms with E-state index in [4.69, 9.17) is 5.11 Å². The minimum Gasteiger partial charge on any atom is -0.480 e. The van der Waals surface area contributed by atoms with E-state index >= 15 is 0 Å². The lowest BCUT2D eigenvalue weighted by molar-refractivity contribution is -0.153. The van der Waals surface area contributed by atoms with E-state index in [-0.39, 0.29) is 0 Å². The maximum absolute atomic E-state index is 11.7.